The minimum atomic E-state index is -0.0938. The summed E-state index contributed by atoms with van der Waals surface area (Å²) in [6.07, 6.45) is 1.86. The third-order valence-corrected chi connectivity index (χ3v) is 3.25. The van der Waals surface area contributed by atoms with Gasteiger partial charge in [-0.05, 0) is 18.2 Å². The number of nitrogens with one attached hydrogen (secondary N) is 3. The van der Waals surface area contributed by atoms with Crippen molar-refractivity contribution in [2.75, 3.05) is 23.7 Å². The molecule has 0 aliphatic carbocycles. The van der Waals surface area contributed by atoms with E-state index in [4.69, 9.17) is 0 Å². The zero-order valence-corrected chi connectivity index (χ0v) is 11.3. The lowest BCUT2D eigenvalue weighted by Crippen LogP contribution is -2.27. The molecular weight excluding hydrogens is 254 g/mol. The van der Waals surface area contributed by atoms with Gasteiger partial charge in [-0.2, -0.15) is 5.10 Å². The number of hydrogen-bond donors (Lipinski definition) is 3. The van der Waals surface area contributed by atoms with Gasteiger partial charge in [-0.25, -0.2) is 0 Å². The maximum absolute atomic E-state index is 12.3. The fourth-order valence-electron chi connectivity index (χ4n) is 2.29. The van der Waals surface area contributed by atoms with Gasteiger partial charge in [0, 0.05) is 26.3 Å². The summed E-state index contributed by atoms with van der Waals surface area (Å²) in [7, 11) is 1.86. The summed E-state index contributed by atoms with van der Waals surface area (Å²) in [6, 6.07) is 7.57. The van der Waals surface area contributed by atoms with Crippen molar-refractivity contribution in [2.45, 2.75) is 6.54 Å². The van der Waals surface area contributed by atoms with Crippen LogP contribution in [-0.4, -0.2) is 28.8 Å². The van der Waals surface area contributed by atoms with E-state index in [-0.39, 0.29) is 5.91 Å². The smallest absolute Gasteiger partial charge is 0.253 e. The number of para-hydroxylation sites is 1. The predicted octanol–water partition coefficient (Wildman–Crippen LogP) is 1.19. The number of fused-ring (bicyclic) bond motifs is 1. The van der Waals surface area contributed by atoms with Crippen LogP contribution < -0.4 is 16.0 Å². The second kappa shape index (κ2) is 5.24. The second-order valence-corrected chi connectivity index (χ2v) is 4.75. The van der Waals surface area contributed by atoms with E-state index in [1.54, 1.807) is 4.68 Å². The highest BCUT2D eigenvalue weighted by atomic mass is 16.1. The molecule has 0 fully saturated rings. The lowest BCUT2D eigenvalue weighted by molar-refractivity contribution is 0.0951. The van der Waals surface area contributed by atoms with Crippen LogP contribution in [0.4, 0.5) is 11.4 Å². The second-order valence-electron chi connectivity index (χ2n) is 4.75. The normalized spacial score (nSPS) is 13.1. The standard InChI is InChI=1S/C14H17N5O/c1-19-8-5-10(18-19)9-17-14(20)11-3-2-4-12-13(11)16-7-6-15-12/h2-5,8,15-16H,6-7,9H2,1H3,(H,17,20). The molecule has 20 heavy (non-hydrogen) atoms. The Morgan fingerprint density at radius 3 is 3.00 bits per heavy atom. The summed E-state index contributed by atoms with van der Waals surface area (Å²) in [5.41, 5.74) is 3.35. The van der Waals surface area contributed by atoms with Crippen LogP contribution >= 0.6 is 0 Å². The zero-order chi connectivity index (χ0) is 13.9. The van der Waals surface area contributed by atoms with Gasteiger partial charge < -0.3 is 16.0 Å². The number of aryl methyl sites for hydroxylation is 1. The van der Waals surface area contributed by atoms with E-state index in [1.165, 1.54) is 0 Å². The Kier molecular flexibility index (Phi) is 3.28. The van der Waals surface area contributed by atoms with Gasteiger partial charge in [-0.3, -0.25) is 9.48 Å². The van der Waals surface area contributed by atoms with Crippen LogP contribution in [0.25, 0.3) is 0 Å². The lowest BCUT2D eigenvalue weighted by atomic mass is 10.1. The van der Waals surface area contributed by atoms with Crippen LogP contribution in [0.5, 0.6) is 0 Å². The van der Waals surface area contributed by atoms with Crippen LogP contribution in [0.15, 0.2) is 30.5 Å². The summed E-state index contributed by atoms with van der Waals surface area (Å²) in [5.74, 6) is -0.0938. The Balaban J connectivity index is 1.74. The minimum Gasteiger partial charge on any atom is -0.382 e. The Morgan fingerprint density at radius 2 is 2.20 bits per heavy atom. The number of rotatable bonds is 3. The molecule has 0 atom stereocenters. The van der Waals surface area contributed by atoms with Crippen LogP contribution in [0.1, 0.15) is 16.1 Å². The van der Waals surface area contributed by atoms with Gasteiger partial charge in [0.15, 0.2) is 0 Å². The molecule has 3 rings (SSSR count). The molecule has 2 aromatic rings. The highest BCUT2D eigenvalue weighted by Crippen LogP contribution is 2.28. The number of carbonyl (C=O) groups excluding carboxylic acids is 1. The van der Waals surface area contributed by atoms with E-state index in [1.807, 2.05) is 37.5 Å². The third-order valence-electron chi connectivity index (χ3n) is 3.25. The highest BCUT2D eigenvalue weighted by Gasteiger charge is 2.16. The molecule has 1 aliphatic heterocycles. The summed E-state index contributed by atoms with van der Waals surface area (Å²) in [6.45, 7) is 2.11. The maximum atomic E-state index is 12.3. The van der Waals surface area contributed by atoms with Gasteiger partial charge in [0.1, 0.15) is 0 Å². The van der Waals surface area contributed by atoms with Crippen molar-refractivity contribution in [3.8, 4) is 0 Å². The average Bonchev–Trinajstić information content (AvgIpc) is 2.90. The number of amides is 1. The molecule has 6 heteroatoms. The Morgan fingerprint density at radius 1 is 1.35 bits per heavy atom. The van der Waals surface area contributed by atoms with E-state index in [0.29, 0.717) is 12.1 Å². The molecular formula is C14H17N5O. The van der Waals surface area contributed by atoms with Gasteiger partial charge in [0.25, 0.3) is 5.91 Å². The topological polar surface area (TPSA) is 71.0 Å². The van der Waals surface area contributed by atoms with E-state index in [9.17, 15) is 4.79 Å². The van der Waals surface area contributed by atoms with E-state index in [0.717, 1.165) is 30.2 Å². The Bertz CT molecular complexity index is 634. The number of aromatic nitrogens is 2. The number of benzene rings is 1. The fourth-order valence-corrected chi connectivity index (χ4v) is 2.29. The lowest BCUT2D eigenvalue weighted by Gasteiger charge is -2.22. The first kappa shape index (κ1) is 12.5. The first-order valence-corrected chi connectivity index (χ1v) is 6.61. The first-order valence-electron chi connectivity index (χ1n) is 6.61. The zero-order valence-electron chi connectivity index (χ0n) is 11.3. The third kappa shape index (κ3) is 2.45. The highest BCUT2D eigenvalue weighted by molar-refractivity contribution is 6.02. The fraction of sp³-hybridized carbons (Fsp3) is 0.286. The Hall–Kier alpha value is -2.50. The molecule has 0 saturated heterocycles. The largest absolute Gasteiger partial charge is 0.382 e. The average molecular weight is 271 g/mol. The van der Waals surface area contributed by atoms with Crippen molar-refractivity contribution in [3.05, 3.63) is 41.7 Å². The van der Waals surface area contributed by atoms with Crippen LogP contribution in [-0.2, 0) is 13.6 Å². The summed E-state index contributed by atoms with van der Waals surface area (Å²) < 4.78 is 1.72. The molecule has 0 unspecified atom stereocenters. The molecule has 0 bridgehead atoms. The molecule has 0 radical (unpaired) electrons. The maximum Gasteiger partial charge on any atom is 0.253 e. The van der Waals surface area contributed by atoms with Crippen molar-refractivity contribution < 1.29 is 4.79 Å². The SMILES string of the molecule is Cn1ccc(CNC(=O)c2cccc3c2NCCN3)n1. The van der Waals surface area contributed by atoms with Crippen LogP contribution in [0.2, 0.25) is 0 Å². The number of hydrogen-bond acceptors (Lipinski definition) is 4. The quantitative estimate of drug-likeness (QED) is 0.784. The van der Waals surface area contributed by atoms with Crippen molar-refractivity contribution in [2.24, 2.45) is 7.05 Å². The number of nitrogens with zero attached hydrogens (tertiary/aromatic N) is 2. The Labute approximate surface area is 117 Å². The minimum absolute atomic E-state index is 0.0938. The van der Waals surface area contributed by atoms with Crippen molar-refractivity contribution in [1.29, 1.82) is 0 Å². The van der Waals surface area contributed by atoms with Crippen molar-refractivity contribution in [3.63, 3.8) is 0 Å². The van der Waals surface area contributed by atoms with Gasteiger partial charge in [-0.1, -0.05) is 6.07 Å². The van der Waals surface area contributed by atoms with E-state index >= 15 is 0 Å². The monoisotopic (exact) mass is 271 g/mol. The summed E-state index contributed by atoms with van der Waals surface area (Å²) in [5, 5.41) is 13.7. The molecule has 1 aromatic heterocycles. The van der Waals surface area contributed by atoms with Gasteiger partial charge >= 0.3 is 0 Å². The molecule has 1 amide bonds. The molecule has 104 valence electrons. The van der Waals surface area contributed by atoms with Crippen molar-refractivity contribution in [1.82, 2.24) is 15.1 Å². The summed E-state index contributed by atoms with van der Waals surface area (Å²) >= 11 is 0. The molecule has 1 aromatic carbocycles. The van der Waals surface area contributed by atoms with Gasteiger partial charge in [-0.15, -0.1) is 0 Å². The summed E-state index contributed by atoms with van der Waals surface area (Å²) in [4.78, 5) is 12.3. The molecule has 0 spiro atoms. The molecule has 0 saturated carbocycles. The van der Waals surface area contributed by atoms with E-state index in [2.05, 4.69) is 21.0 Å². The van der Waals surface area contributed by atoms with Gasteiger partial charge in [0.2, 0.25) is 0 Å². The van der Waals surface area contributed by atoms with E-state index < -0.39 is 0 Å². The molecule has 2 heterocycles. The van der Waals surface area contributed by atoms with Gasteiger partial charge in [0.05, 0.1) is 29.2 Å². The molecule has 3 N–H and O–H groups in total. The number of carbonyl (C=O) groups is 1. The first-order chi connectivity index (χ1) is 9.74. The van der Waals surface area contributed by atoms with Crippen LogP contribution in [0, 0.1) is 0 Å². The number of anilines is 2. The predicted molar refractivity (Wildman–Crippen MR) is 77.8 cm³/mol. The van der Waals surface area contributed by atoms with Crippen molar-refractivity contribution >= 4 is 17.3 Å². The molecule has 6 nitrogen and oxygen atoms in total. The molecule has 1 aliphatic rings. The van der Waals surface area contributed by atoms with Crippen LogP contribution in [0.3, 0.4) is 0 Å².